The van der Waals surface area contributed by atoms with Gasteiger partial charge >= 0.3 is 0 Å². The van der Waals surface area contributed by atoms with Crippen LogP contribution < -0.4 is 5.32 Å². The number of anilines is 1. The summed E-state index contributed by atoms with van der Waals surface area (Å²) in [5.41, 5.74) is 6.76. The van der Waals surface area contributed by atoms with Crippen LogP contribution in [0.3, 0.4) is 0 Å². The molecule has 0 saturated heterocycles. The Morgan fingerprint density at radius 1 is 1.21 bits per heavy atom. The molecule has 1 atom stereocenters. The number of para-hydroxylation sites is 1. The Morgan fingerprint density at radius 2 is 1.95 bits per heavy atom. The number of nitrogens with one attached hydrogen (secondary N) is 2. The van der Waals surface area contributed by atoms with E-state index in [2.05, 4.69) is 31.1 Å². The molecule has 98 valence electrons. The minimum atomic E-state index is -0.199. The fourth-order valence-corrected chi connectivity index (χ4v) is 3.13. The fraction of sp³-hybridized carbons (Fsp3) is 0.312. The minimum absolute atomic E-state index is 0.0632. The van der Waals surface area contributed by atoms with Crippen molar-refractivity contribution in [3.05, 3.63) is 52.3 Å². The predicted molar refractivity (Wildman–Crippen MR) is 76.6 cm³/mol. The van der Waals surface area contributed by atoms with E-state index in [0.717, 1.165) is 23.4 Å². The van der Waals surface area contributed by atoms with Crippen molar-refractivity contribution < 1.29 is 4.79 Å². The number of rotatable bonds is 2. The van der Waals surface area contributed by atoms with Crippen LogP contribution in [0, 0.1) is 13.8 Å². The number of benzene rings is 1. The van der Waals surface area contributed by atoms with Gasteiger partial charge in [-0.2, -0.15) is 0 Å². The maximum Gasteiger partial charge on any atom is 0.238 e. The summed E-state index contributed by atoms with van der Waals surface area (Å²) >= 11 is 0. The number of carbonyl (C=O) groups is 1. The van der Waals surface area contributed by atoms with Crippen molar-refractivity contribution in [1.82, 2.24) is 4.98 Å². The molecule has 2 aromatic rings. The fourth-order valence-electron chi connectivity index (χ4n) is 3.13. The molecule has 1 aromatic heterocycles. The number of carbonyl (C=O) groups excluding carboxylic acids is 1. The average molecular weight is 254 g/mol. The quantitative estimate of drug-likeness (QED) is 0.848. The summed E-state index contributed by atoms with van der Waals surface area (Å²) in [5, 5.41) is 2.96. The Bertz CT molecular complexity index is 655. The molecule has 0 bridgehead atoms. The highest BCUT2D eigenvalue weighted by Crippen LogP contribution is 2.38. The first kappa shape index (κ1) is 12.0. The van der Waals surface area contributed by atoms with E-state index < -0.39 is 0 Å². The molecule has 1 aliphatic rings. The molecule has 3 nitrogen and oxygen atoms in total. The van der Waals surface area contributed by atoms with Crippen LogP contribution in [0.5, 0.6) is 0 Å². The van der Waals surface area contributed by atoms with E-state index in [0.29, 0.717) is 0 Å². The highest BCUT2D eigenvalue weighted by molar-refractivity contribution is 6.05. The number of amides is 1. The number of aromatic nitrogens is 1. The average Bonchev–Trinajstić information content (AvgIpc) is 2.85. The normalized spacial score (nSPS) is 17.4. The molecule has 0 saturated carbocycles. The van der Waals surface area contributed by atoms with Crippen LogP contribution >= 0.6 is 0 Å². The molecule has 1 amide bonds. The zero-order valence-corrected chi connectivity index (χ0v) is 11.5. The van der Waals surface area contributed by atoms with Gasteiger partial charge in [-0.25, -0.2) is 0 Å². The third-order valence-corrected chi connectivity index (χ3v) is 4.07. The monoisotopic (exact) mass is 254 g/mol. The molecule has 2 N–H and O–H groups in total. The molecule has 0 radical (unpaired) electrons. The second kappa shape index (κ2) is 4.26. The SMILES string of the molecule is CCc1c(C)[nH]c(C2C(=O)Nc3ccccc32)c1C. The van der Waals surface area contributed by atoms with Gasteiger partial charge in [0.15, 0.2) is 0 Å². The first-order valence-corrected chi connectivity index (χ1v) is 6.71. The van der Waals surface area contributed by atoms with Crippen molar-refractivity contribution in [2.75, 3.05) is 5.32 Å². The Kier molecular flexibility index (Phi) is 2.70. The lowest BCUT2D eigenvalue weighted by Crippen LogP contribution is -2.14. The summed E-state index contributed by atoms with van der Waals surface area (Å²) in [6.07, 6.45) is 0.990. The summed E-state index contributed by atoms with van der Waals surface area (Å²) in [6.45, 7) is 6.33. The van der Waals surface area contributed by atoms with Gasteiger partial charge < -0.3 is 10.3 Å². The van der Waals surface area contributed by atoms with E-state index >= 15 is 0 Å². The third kappa shape index (κ3) is 1.69. The van der Waals surface area contributed by atoms with E-state index in [9.17, 15) is 4.79 Å². The molecule has 3 heteroatoms. The molecule has 1 aromatic carbocycles. The molecule has 0 spiro atoms. The number of H-pyrrole nitrogens is 1. The highest BCUT2D eigenvalue weighted by Gasteiger charge is 2.34. The van der Waals surface area contributed by atoms with Crippen molar-refractivity contribution >= 4 is 11.6 Å². The summed E-state index contributed by atoms with van der Waals surface area (Å²) in [7, 11) is 0. The first-order valence-electron chi connectivity index (χ1n) is 6.71. The molecule has 1 aliphatic heterocycles. The summed E-state index contributed by atoms with van der Waals surface area (Å²) in [4.78, 5) is 15.7. The van der Waals surface area contributed by atoms with E-state index in [1.165, 1.54) is 16.8 Å². The van der Waals surface area contributed by atoms with Crippen molar-refractivity contribution in [3.8, 4) is 0 Å². The summed E-state index contributed by atoms with van der Waals surface area (Å²) < 4.78 is 0. The van der Waals surface area contributed by atoms with Gasteiger partial charge in [-0.3, -0.25) is 4.79 Å². The number of hydrogen-bond acceptors (Lipinski definition) is 1. The summed E-state index contributed by atoms with van der Waals surface area (Å²) in [5.74, 6) is -0.136. The van der Waals surface area contributed by atoms with Crippen LogP contribution in [0.2, 0.25) is 0 Å². The van der Waals surface area contributed by atoms with Crippen molar-refractivity contribution in [1.29, 1.82) is 0 Å². The lowest BCUT2D eigenvalue weighted by molar-refractivity contribution is -0.116. The van der Waals surface area contributed by atoms with Crippen molar-refractivity contribution in [2.24, 2.45) is 0 Å². The van der Waals surface area contributed by atoms with Gasteiger partial charge in [0.1, 0.15) is 5.92 Å². The maximum atomic E-state index is 12.3. The molecule has 1 unspecified atom stereocenters. The standard InChI is InChI=1S/C16H18N2O/c1-4-11-9(2)15(17-10(11)3)14-12-7-5-6-8-13(12)18-16(14)19/h5-8,14,17H,4H2,1-3H3,(H,18,19). The number of aryl methyl sites for hydroxylation is 1. The molecule has 0 aliphatic carbocycles. The molecule has 2 heterocycles. The molecule has 0 fully saturated rings. The lowest BCUT2D eigenvalue weighted by Gasteiger charge is -2.09. The maximum absolute atomic E-state index is 12.3. The van der Waals surface area contributed by atoms with Gasteiger partial charge in [0.05, 0.1) is 0 Å². The van der Waals surface area contributed by atoms with Crippen molar-refractivity contribution in [2.45, 2.75) is 33.1 Å². The number of hydrogen-bond donors (Lipinski definition) is 2. The van der Waals surface area contributed by atoms with Gasteiger partial charge in [0, 0.05) is 17.1 Å². The van der Waals surface area contributed by atoms with E-state index in [1.807, 2.05) is 24.3 Å². The Balaban J connectivity index is 2.15. The molecular formula is C16H18N2O. The van der Waals surface area contributed by atoms with Crippen LogP contribution in [0.4, 0.5) is 5.69 Å². The smallest absolute Gasteiger partial charge is 0.238 e. The second-order valence-corrected chi connectivity index (χ2v) is 5.13. The van der Waals surface area contributed by atoms with E-state index in [-0.39, 0.29) is 11.8 Å². The zero-order valence-electron chi connectivity index (χ0n) is 11.5. The second-order valence-electron chi connectivity index (χ2n) is 5.13. The van der Waals surface area contributed by atoms with Gasteiger partial charge in [-0.05, 0) is 43.0 Å². The Labute approximate surface area is 113 Å². The Morgan fingerprint density at radius 3 is 2.63 bits per heavy atom. The van der Waals surface area contributed by atoms with E-state index in [1.54, 1.807) is 0 Å². The molecule has 19 heavy (non-hydrogen) atoms. The largest absolute Gasteiger partial charge is 0.361 e. The number of fused-ring (bicyclic) bond motifs is 1. The van der Waals surface area contributed by atoms with Crippen LogP contribution in [0.15, 0.2) is 24.3 Å². The Hall–Kier alpha value is -2.03. The van der Waals surface area contributed by atoms with E-state index in [4.69, 9.17) is 0 Å². The van der Waals surface area contributed by atoms with Crippen LogP contribution in [-0.2, 0) is 11.2 Å². The molecule has 3 rings (SSSR count). The topological polar surface area (TPSA) is 44.9 Å². The van der Waals surface area contributed by atoms with Gasteiger partial charge in [0.25, 0.3) is 0 Å². The van der Waals surface area contributed by atoms with Gasteiger partial charge in [0.2, 0.25) is 5.91 Å². The van der Waals surface area contributed by atoms with Gasteiger partial charge in [-0.15, -0.1) is 0 Å². The zero-order chi connectivity index (χ0) is 13.6. The third-order valence-electron chi connectivity index (χ3n) is 4.07. The van der Waals surface area contributed by atoms with Gasteiger partial charge in [-0.1, -0.05) is 25.1 Å². The predicted octanol–water partition coefficient (Wildman–Crippen LogP) is 3.28. The first-order chi connectivity index (χ1) is 9.13. The number of aromatic amines is 1. The van der Waals surface area contributed by atoms with Crippen molar-refractivity contribution in [3.63, 3.8) is 0 Å². The highest BCUT2D eigenvalue weighted by atomic mass is 16.2. The summed E-state index contributed by atoms with van der Waals surface area (Å²) in [6, 6.07) is 7.92. The molecular weight excluding hydrogens is 236 g/mol. The van der Waals surface area contributed by atoms with Crippen LogP contribution in [0.1, 0.15) is 40.9 Å². The van der Waals surface area contributed by atoms with Crippen LogP contribution in [0.25, 0.3) is 0 Å². The lowest BCUT2D eigenvalue weighted by atomic mass is 9.93. The van der Waals surface area contributed by atoms with Crippen LogP contribution in [-0.4, -0.2) is 10.9 Å². The minimum Gasteiger partial charge on any atom is -0.361 e.